The Morgan fingerprint density at radius 2 is 2.07 bits per heavy atom. The Hall–Kier alpha value is -2.81. The molecule has 0 aliphatic heterocycles. The normalized spacial score (nSPS) is 11.6. The number of amides is 1. The van der Waals surface area contributed by atoms with Crippen LogP contribution in [0.5, 0.6) is 0 Å². The van der Waals surface area contributed by atoms with Crippen molar-refractivity contribution >= 4 is 23.2 Å². The first-order chi connectivity index (χ1) is 12.7. The van der Waals surface area contributed by atoms with Crippen molar-refractivity contribution in [3.8, 4) is 0 Å². The van der Waals surface area contributed by atoms with Gasteiger partial charge in [0, 0.05) is 11.2 Å². The molecule has 2 heterocycles. The van der Waals surface area contributed by atoms with Crippen LogP contribution in [0.15, 0.2) is 42.7 Å². The van der Waals surface area contributed by atoms with Gasteiger partial charge in [0.1, 0.15) is 12.2 Å². The SMILES string of the molecule is Cc1cc(C(F)(F)F)n(CC(=O)Nc2cnn(Cc3cccc(Cl)c3)c2)n1. The van der Waals surface area contributed by atoms with Gasteiger partial charge in [-0.3, -0.25) is 14.2 Å². The van der Waals surface area contributed by atoms with Crippen molar-refractivity contribution in [1.29, 1.82) is 0 Å². The number of aromatic nitrogens is 4. The summed E-state index contributed by atoms with van der Waals surface area (Å²) in [5.41, 5.74) is 0.515. The third-order valence-corrected chi connectivity index (χ3v) is 3.87. The minimum Gasteiger partial charge on any atom is -0.322 e. The Kier molecular flexibility index (Phi) is 5.22. The maximum absolute atomic E-state index is 13.0. The van der Waals surface area contributed by atoms with Crippen molar-refractivity contribution in [2.45, 2.75) is 26.2 Å². The van der Waals surface area contributed by atoms with E-state index >= 15 is 0 Å². The van der Waals surface area contributed by atoms with E-state index in [1.54, 1.807) is 23.0 Å². The van der Waals surface area contributed by atoms with E-state index in [2.05, 4.69) is 15.5 Å². The Bertz CT molecular complexity index is 964. The zero-order valence-electron chi connectivity index (χ0n) is 14.2. The van der Waals surface area contributed by atoms with Crippen LogP contribution in [-0.4, -0.2) is 25.5 Å². The first-order valence-electron chi connectivity index (χ1n) is 7.89. The molecule has 0 aliphatic carbocycles. The van der Waals surface area contributed by atoms with Gasteiger partial charge in [-0.2, -0.15) is 23.4 Å². The third-order valence-electron chi connectivity index (χ3n) is 3.64. The number of benzene rings is 1. The van der Waals surface area contributed by atoms with E-state index in [9.17, 15) is 18.0 Å². The molecule has 1 N–H and O–H groups in total. The zero-order valence-corrected chi connectivity index (χ0v) is 14.9. The summed E-state index contributed by atoms with van der Waals surface area (Å²) in [4.78, 5) is 12.1. The largest absolute Gasteiger partial charge is 0.433 e. The van der Waals surface area contributed by atoms with E-state index in [1.165, 1.54) is 13.1 Å². The lowest BCUT2D eigenvalue weighted by molar-refractivity contribution is -0.144. The molecule has 6 nitrogen and oxygen atoms in total. The lowest BCUT2D eigenvalue weighted by Gasteiger charge is -2.09. The van der Waals surface area contributed by atoms with Gasteiger partial charge in [-0.05, 0) is 30.7 Å². The highest BCUT2D eigenvalue weighted by Gasteiger charge is 2.35. The summed E-state index contributed by atoms with van der Waals surface area (Å²) in [5.74, 6) is -0.633. The molecule has 0 atom stereocenters. The summed E-state index contributed by atoms with van der Waals surface area (Å²) in [6.07, 6.45) is -1.58. The van der Waals surface area contributed by atoms with Crippen molar-refractivity contribution in [2.75, 3.05) is 5.32 Å². The van der Waals surface area contributed by atoms with E-state index in [4.69, 9.17) is 11.6 Å². The summed E-state index contributed by atoms with van der Waals surface area (Å²) in [6.45, 7) is 1.32. The number of halogens is 4. The number of nitrogens with zero attached hydrogens (tertiary/aromatic N) is 4. The Labute approximate surface area is 157 Å². The fraction of sp³-hybridized carbons (Fsp3) is 0.235. The van der Waals surface area contributed by atoms with Crippen LogP contribution < -0.4 is 5.32 Å². The number of aryl methyl sites for hydroxylation is 1. The van der Waals surface area contributed by atoms with Crippen molar-refractivity contribution in [3.63, 3.8) is 0 Å². The molecule has 0 fully saturated rings. The second-order valence-corrected chi connectivity index (χ2v) is 6.37. The van der Waals surface area contributed by atoms with Crippen LogP contribution in [0.4, 0.5) is 18.9 Å². The van der Waals surface area contributed by atoms with Crippen LogP contribution in [0.25, 0.3) is 0 Å². The number of carbonyl (C=O) groups excluding carboxylic acids is 1. The van der Waals surface area contributed by atoms with Gasteiger partial charge in [0.25, 0.3) is 0 Å². The highest BCUT2D eigenvalue weighted by Crippen LogP contribution is 2.29. The number of hydrogen-bond donors (Lipinski definition) is 1. The Morgan fingerprint density at radius 3 is 2.78 bits per heavy atom. The lowest BCUT2D eigenvalue weighted by atomic mass is 10.2. The summed E-state index contributed by atoms with van der Waals surface area (Å²) in [5, 5.41) is 11.0. The molecule has 0 spiro atoms. The van der Waals surface area contributed by atoms with Gasteiger partial charge in [-0.15, -0.1) is 0 Å². The lowest BCUT2D eigenvalue weighted by Crippen LogP contribution is -2.23. The molecule has 0 saturated carbocycles. The molecular weight excluding hydrogens is 383 g/mol. The van der Waals surface area contributed by atoms with E-state index in [1.807, 2.05) is 12.1 Å². The molecule has 142 valence electrons. The van der Waals surface area contributed by atoms with Gasteiger partial charge in [0.2, 0.25) is 5.91 Å². The minimum absolute atomic E-state index is 0.185. The van der Waals surface area contributed by atoms with E-state index < -0.39 is 24.3 Å². The molecule has 1 amide bonds. The van der Waals surface area contributed by atoms with Gasteiger partial charge in [-0.1, -0.05) is 23.7 Å². The number of nitrogens with one attached hydrogen (secondary N) is 1. The second-order valence-electron chi connectivity index (χ2n) is 5.93. The van der Waals surface area contributed by atoms with Crippen LogP contribution in [-0.2, 0) is 24.1 Å². The fourth-order valence-corrected chi connectivity index (χ4v) is 2.78. The van der Waals surface area contributed by atoms with Crippen LogP contribution in [0, 0.1) is 6.92 Å². The average molecular weight is 398 g/mol. The maximum atomic E-state index is 13.0. The highest BCUT2D eigenvalue weighted by atomic mass is 35.5. The molecule has 0 bridgehead atoms. The number of carbonyl (C=O) groups is 1. The smallest absolute Gasteiger partial charge is 0.322 e. The van der Waals surface area contributed by atoms with Crippen LogP contribution in [0.1, 0.15) is 17.0 Å². The first-order valence-corrected chi connectivity index (χ1v) is 8.27. The van der Waals surface area contributed by atoms with Gasteiger partial charge in [-0.25, -0.2) is 0 Å². The van der Waals surface area contributed by atoms with Gasteiger partial charge in [0.05, 0.1) is 24.1 Å². The molecule has 3 aromatic rings. The number of alkyl halides is 3. The molecular formula is C17H15ClF3N5O. The Morgan fingerprint density at radius 1 is 1.30 bits per heavy atom. The summed E-state index contributed by atoms with van der Waals surface area (Å²) in [6, 6.07) is 8.14. The van der Waals surface area contributed by atoms with E-state index in [0.717, 1.165) is 11.6 Å². The zero-order chi connectivity index (χ0) is 19.6. The van der Waals surface area contributed by atoms with Crippen LogP contribution in [0.3, 0.4) is 0 Å². The second kappa shape index (κ2) is 7.43. The van der Waals surface area contributed by atoms with Crippen LogP contribution >= 0.6 is 11.6 Å². The van der Waals surface area contributed by atoms with Crippen molar-refractivity contribution in [2.24, 2.45) is 0 Å². The predicted octanol–water partition coefficient (Wildman–Crippen LogP) is 3.75. The molecule has 3 rings (SSSR count). The van der Waals surface area contributed by atoms with E-state index in [0.29, 0.717) is 21.9 Å². The Balaban J connectivity index is 1.65. The number of rotatable bonds is 5. The summed E-state index contributed by atoms with van der Waals surface area (Å²) < 4.78 is 41.1. The average Bonchev–Trinajstić information content (AvgIpc) is 3.13. The van der Waals surface area contributed by atoms with Crippen molar-refractivity contribution in [3.05, 3.63) is 64.7 Å². The molecule has 1 aromatic carbocycles. The molecule has 0 unspecified atom stereocenters. The predicted molar refractivity (Wildman–Crippen MR) is 93.4 cm³/mol. The molecule has 0 aliphatic rings. The standard InChI is InChI=1S/C17H15ClF3N5O/c1-11-5-15(17(19,20)21)26(24-11)10-16(27)23-14-7-22-25(9-14)8-12-3-2-4-13(18)6-12/h2-7,9H,8,10H2,1H3,(H,23,27). The third kappa shape index (κ3) is 4.88. The van der Waals surface area contributed by atoms with Gasteiger partial charge in [0.15, 0.2) is 0 Å². The summed E-state index contributed by atoms with van der Waals surface area (Å²) >= 11 is 5.93. The maximum Gasteiger partial charge on any atom is 0.433 e. The molecule has 27 heavy (non-hydrogen) atoms. The fourth-order valence-electron chi connectivity index (χ4n) is 2.57. The number of hydrogen-bond acceptors (Lipinski definition) is 3. The molecule has 0 radical (unpaired) electrons. The van der Waals surface area contributed by atoms with Gasteiger partial charge < -0.3 is 5.32 Å². The topological polar surface area (TPSA) is 64.7 Å². The van der Waals surface area contributed by atoms with Crippen LogP contribution in [0.2, 0.25) is 5.02 Å². The van der Waals surface area contributed by atoms with Crippen molar-refractivity contribution in [1.82, 2.24) is 19.6 Å². The first kappa shape index (κ1) is 19.0. The van der Waals surface area contributed by atoms with Gasteiger partial charge >= 0.3 is 6.18 Å². The monoisotopic (exact) mass is 397 g/mol. The molecule has 0 saturated heterocycles. The quantitative estimate of drug-likeness (QED) is 0.713. The van der Waals surface area contributed by atoms with Crippen molar-refractivity contribution < 1.29 is 18.0 Å². The minimum atomic E-state index is -4.58. The summed E-state index contributed by atoms with van der Waals surface area (Å²) in [7, 11) is 0. The molecule has 2 aromatic heterocycles. The van der Waals surface area contributed by atoms with E-state index in [-0.39, 0.29) is 5.69 Å². The molecule has 10 heteroatoms. The number of anilines is 1. The highest BCUT2D eigenvalue weighted by molar-refractivity contribution is 6.30.